The fourth-order valence-corrected chi connectivity index (χ4v) is 3.92. The minimum absolute atomic E-state index is 0.0143. The molecule has 1 aliphatic rings. The molecular formula is C22H21Cl2NO4. The number of hydrogen-bond acceptors (Lipinski definition) is 4. The Morgan fingerprint density at radius 2 is 1.83 bits per heavy atom. The van der Waals surface area contributed by atoms with E-state index in [1.807, 2.05) is 19.1 Å². The quantitative estimate of drug-likeness (QED) is 0.308. The van der Waals surface area contributed by atoms with E-state index < -0.39 is 17.7 Å². The Bertz CT molecular complexity index is 969. The first-order chi connectivity index (χ1) is 13.8. The maximum atomic E-state index is 12.9. The highest BCUT2D eigenvalue weighted by Gasteiger charge is 2.46. The molecule has 2 aromatic carbocycles. The van der Waals surface area contributed by atoms with Gasteiger partial charge in [-0.05, 0) is 31.0 Å². The van der Waals surface area contributed by atoms with Gasteiger partial charge in [0.25, 0.3) is 11.7 Å². The molecule has 29 heavy (non-hydrogen) atoms. The van der Waals surface area contributed by atoms with Crippen molar-refractivity contribution < 1.29 is 19.4 Å². The summed E-state index contributed by atoms with van der Waals surface area (Å²) in [5, 5.41) is 11.7. The van der Waals surface area contributed by atoms with Crippen LogP contribution in [0, 0.1) is 6.92 Å². The number of carbonyl (C=O) groups excluding carboxylic acids is 2. The molecule has 0 saturated carbocycles. The first-order valence-corrected chi connectivity index (χ1v) is 9.90. The first kappa shape index (κ1) is 21.4. The number of hydrogen-bond donors (Lipinski definition) is 1. The summed E-state index contributed by atoms with van der Waals surface area (Å²) >= 11 is 12.4. The number of ether oxygens (including phenoxy) is 1. The van der Waals surface area contributed by atoms with Crippen molar-refractivity contribution >= 4 is 40.7 Å². The second-order valence-corrected chi connectivity index (χ2v) is 7.71. The molecule has 3 rings (SSSR count). The highest BCUT2D eigenvalue weighted by molar-refractivity contribution is 6.47. The maximum Gasteiger partial charge on any atom is 0.295 e. The lowest BCUT2D eigenvalue weighted by Crippen LogP contribution is -2.31. The Morgan fingerprint density at radius 1 is 1.14 bits per heavy atom. The molecule has 1 saturated heterocycles. The van der Waals surface area contributed by atoms with Gasteiger partial charge in [-0.15, -0.1) is 0 Å². The minimum atomic E-state index is -0.807. The second-order valence-electron chi connectivity index (χ2n) is 6.87. The third-order valence-electron chi connectivity index (χ3n) is 4.87. The fraction of sp³-hybridized carbons (Fsp3) is 0.273. The van der Waals surface area contributed by atoms with E-state index in [1.165, 1.54) is 4.90 Å². The highest BCUT2D eigenvalue weighted by atomic mass is 35.5. The van der Waals surface area contributed by atoms with Crippen molar-refractivity contribution in [1.29, 1.82) is 0 Å². The standard InChI is InChI=1S/C22H21Cl2NO4/c1-13-4-6-14(7-5-13)20(26)18-19(16-9-8-15(23)12-17(16)24)25(10-3-11-29-2)22(28)21(18)27/h4-9,12,19,26H,3,10-11H2,1-2H3/t19-/m0/s1. The molecule has 0 aromatic heterocycles. The molecule has 1 heterocycles. The summed E-state index contributed by atoms with van der Waals surface area (Å²) in [6.45, 7) is 2.64. The average Bonchev–Trinajstić information content (AvgIpc) is 2.93. The van der Waals surface area contributed by atoms with Crippen LogP contribution in [0.3, 0.4) is 0 Å². The van der Waals surface area contributed by atoms with Crippen LogP contribution in [0.15, 0.2) is 48.0 Å². The van der Waals surface area contributed by atoms with Gasteiger partial charge < -0.3 is 14.7 Å². The van der Waals surface area contributed by atoms with Crippen molar-refractivity contribution in [3.63, 3.8) is 0 Å². The number of likely N-dealkylation sites (tertiary alicyclic amines) is 1. The number of halogens is 2. The lowest BCUT2D eigenvalue weighted by Gasteiger charge is -2.26. The molecule has 0 spiro atoms. The van der Waals surface area contributed by atoms with E-state index in [9.17, 15) is 14.7 Å². The lowest BCUT2D eigenvalue weighted by atomic mass is 9.95. The summed E-state index contributed by atoms with van der Waals surface area (Å²) in [4.78, 5) is 27.1. The molecule has 2 aromatic rings. The zero-order valence-corrected chi connectivity index (χ0v) is 17.6. The molecule has 0 unspecified atom stereocenters. The molecule has 0 aliphatic carbocycles. The van der Waals surface area contributed by atoms with Crippen LogP contribution >= 0.6 is 23.2 Å². The van der Waals surface area contributed by atoms with E-state index in [-0.39, 0.29) is 17.9 Å². The summed E-state index contributed by atoms with van der Waals surface area (Å²) in [5.41, 5.74) is 2.02. The summed E-state index contributed by atoms with van der Waals surface area (Å²) in [6.07, 6.45) is 0.538. The van der Waals surface area contributed by atoms with Gasteiger partial charge in [0.05, 0.1) is 11.6 Å². The van der Waals surface area contributed by atoms with Crippen molar-refractivity contribution in [3.05, 3.63) is 74.8 Å². The Hall–Kier alpha value is -2.34. The Morgan fingerprint density at radius 3 is 2.45 bits per heavy atom. The van der Waals surface area contributed by atoms with Gasteiger partial charge in [-0.2, -0.15) is 0 Å². The number of methoxy groups -OCH3 is 1. The van der Waals surface area contributed by atoms with Crippen LogP contribution in [0.4, 0.5) is 0 Å². The Labute approximate surface area is 179 Å². The van der Waals surface area contributed by atoms with Crippen molar-refractivity contribution in [1.82, 2.24) is 4.90 Å². The van der Waals surface area contributed by atoms with Gasteiger partial charge in [-0.3, -0.25) is 9.59 Å². The van der Waals surface area contributed by atoms with Gasteiger partial charge in [0.2, 0.25) is 0 Å². The summed E-state index contributed by atoms with van der Waals surface area (Å²) in [5.74, 6) is -1.64. The van der Waals surface area contributed by atoms with E-state index in [0.29, 0.717) is 34.2 Å². The van der Waals surface area contributed by atoms with Crippen LogP contribution in [0.1, 0.15) is 29.2 Å². The Kier molecular flexibility index (Phi) is 6.63. The summed E-state index contributed by atoms with van der Waals surface area (Å²) < 4.78 is 5.07. The molecule has 1 atom stereocenters. The topological polar surface area (TPSA) is 66.8 Å². The number of amides is 1. The number of aliphatic hydroxyl groups is 1. The minimum Gasteiger partial charge on any atom is -0.507 e. The van der Waals surface area contributed by atoms with Crippen LogP contribution < -0.4 is 0 Å². The highest BCUT2D eigenvalue weighted by Crippen LogP contribution is 2.42. The predicted molar refractivity (Wildman–Crippen MR) is 113 cm³/mol. The zero-order chi connectivity index (χ0) is 21.1. The van der Waals surface area contributed by atoms with E-state index >= 15 is 0 Å². The molecule has 1 aliphatic heterocycles. The number of aryl methyl sites for hydroxylation is 1. The number of ketones is 1. The van der Waals surface area contributed by atoms with Crippen LogP contribution in [-0.4, -0.2) is 42.0 Å². The third-order valence-corrected chi connectivity index (χ3v) is 5.43. The average molecular weight is 434 g/mol. The van der Waals surface area contributed by atoms with Crippen molar-refractivity contribution in [2.75, 3.05) is 20.3 Å². The smallest absolute Gasteiger partial charge is 0.295 e. The van der Waals surface area contributed by atoms with Crippen LogP contribution in [0.25, 0.3) is 5.76 Å². The molecule has 152 valence electrons. The number of aliphatic hydroxyl groups excluding tert-OH is 1. The molecule has 1 amide bonds. The van der Waals surface area contributed by atoms with Crippen molar-refractivity contribution in [3.8, 4) is 0 Å². The van der Waals surface area contributed by atoms with Gasteiger partial charge in [0, 0.05) is 35.9 Å². The number of benzene rings is 2. The molecule has 7 heteroatoms. The van der Waals surface area contributed by atoms with E-state index in [4.69, 9.17) is 27.9 Å². The SMILES string of the molecule is COCCCN1C(=O)C(=O)C(=C(O)c2ccc(C)cc2)[C@@H]1c1ccc(Cl)cc1Cl. The van der Waals surface area contributed by atoms with Crippen LogP contribution in [0.5, 0.6) is 0 Å². The van der Waals surface area contributed by atoms with Crippen molar-refractivity contribution in [2.45, 2.75) is 19.4 Å². The Balaban J connectivity index is 2.15. The molecule has 1 fully saturated rings. The number of rotatable bonds is 6. The second kappa shape index (κ2) is 8.99. The fourth-order valence-electron chi connectivity index (χ4n) is 3.40. The summed E-state index contributed by atoms with van der Waals surface area (Å²) in [6, 6.07) is 11.1. The van der Waals surface area contributed by atoms with E-state index in [0.717, 1.165) is 5.56 Å². The zero-order valence-electron chi connectivity index (χ0n) is 16.1. The van der Waals surface area contributed by atoms with Gasteiger partial charge in [-0.1, -0.05) is 59.1 Å². The molecule has 0 bridgehead atoms. The predicted octanol–water partition coefficient (Wildman–Crippen LogP) is 4.76. The van der Waals surface area contributed by atoms with Crippen LogP contribution in [-0.2, 0) is 14.3 Å². The number of carbonyl (C=O) groups is 2. The van der Waals surface area contributed by atoms with E-state index in [2.05, 4.69) is 0 Å². The largest absolute Gasteiger partial charge is 0.507 e. The van der Waals surface area contributed by atoms with Gasteiger partial charge in [-0.25, -0.2) is 0 Å². The molecule has 1 N–H and O–H groups in total. The lowest BCUT2D eigenvalue weighted by molar-refractivity contribution is -0.140. The number of Topliss-reactive ketones (excluding diaryl/α,β-unsaturated/α-hetero) is 1. The summed E-state index contributed by atoms with van der Waals surface area (Å²) in [7, 11) is 1.57. The van der Waals surface area contributed by atoms with E-state index in [1.54, 1.807) is 37.4 Å². The van der Waals surface area contributed by atoms with Crippen molar-refractivity contribution in [2.24, 2.45) is 0 Å². The number of nitrogens with zero attached hydrogens (tertiary/aromatic N) is 1. The third kappa shape index (κ3) is 4.32. The van der Waals surface area contributed by atoms with Gasteiger partial charge >= 0.3 is 0 Å². The van der Waals surface area contributed by atoms with Crippen LogP contribution in [0.2, 0.25) is 10.0 Å². The van der Waals surface area contributed by atoms with Gasteiger partial charge in [0.15, 0.2) is 0 Å². The molecular weight excluding hydrogens is 413 g/mol. The van der Waals surface area contributed by atoms with Gasteiger partial charge in [0.1, 0.15) is 5.76 Å². The first-order valence-electron chi connectivity index (χ1n) is 9.14. The maximum absolute atomic E-state index is 12.9. The normalized spacial score (nSPS) is 18.5. The molecule has 0 radical (unpaired) electrons. The molecule has 5 nitrogen and oxygen atoms in total. The monoisotopic (exact) mass is 433 g/mol.